The molecule has 0 saturated heterocycles. The zero-order valence-corrected chi connectivity index (χ0v) is 9.77. The SMILES string of the molecule is C=CC(C)C(=O)OCCOC(=O)C(C)C=C. The Morgan fingerprint density at radius 3 is 1.56 bits per heavy atom. The van der Waals surface area contributed by atoms with E-state index >= 15 is 0 Å². The summed E-state index contributed by atoms with van der Waals surface area (Å²) < 4.78 is 9.69. The van der Waals surface area contributed by atoms with Crippen LogP contribution in [0.1, 0.15) is 13.8 Å². The highest BCUT2D eigenvalue weighted by Gasteiger charge is 2.12. The standard InChI is InChI=1S/C12H18O4/c1-5-9(3)11(13)15-7-8-16-12(14)10(4)6-2/h5-6,9-10H,1-2,7-8H2,3-4H3. The summed E-state index contributed by atoms with van der Waals surface area (Å²) in [6.45, 7) is 10.4. The highest BCUT2D eigenvalue weighted by Crippen LogP contribution is 2.01. The number of carbonyl (C=O) groups excluding carboxylic acids is 2. The fourth-order valence-electron chi connectivity index (χ4n) is 0.740. The Kier molecular flexibility index (Phi) is 6.92. The van der Waals surface area contributed by atoms with Gasteiger partial charge in [0, 0.05) is 0 Å². The topological polar surface area (TPSA) is 52.6 Å². The monoisotopic (exact) mass is 226 g/mol. The first kappa shape index (κ1) is 14.4. The van der Waals surface area contributed by atoms with Gasteiger partial charge in [-0.1, -0.05) is 12.2 Å². The van der Waals surface area contributed by atoms with E-state index in [2.05, 4.69) is 13.2 Å². The minimum Gasteiger partial charge on any atom is -0.462 e. The lowest BCUT2D eigenvalue weighted by Crippen LogP contribution is -2.19. The predicted octanol–water partition coefficient (Wildman–Crippen LogP) is 1.72. The molecule has 90 valence electrons. The maximum absolute atomic E-state index is 11.2. The predicted molar refractivity (Wildman–Crippen MR) is 60.6 cm³/mol. The number of carbonyl (C=O) groups is 2. The Hall–Kier alpha value is -1.58. The minimum atomic E-state index is -0.372. The number of hydrogen-bond acceptors (Lipinski definition) is 4. The van der Waals surface area contributed by atoms with E-state index in [1.54, 1.807) is 13.8 Å². The summed E-state index contributed by atoms with van der Waals surface area (Å²) in [5.74, 6) is -1.43. The van der Waals surface area contributed by atoms with E-state index in [0.29, 0.717) is 0 Å². The van der Waals surface area contributed by atoms with Gasteiger partial charge in [-0.3, -0.25) is 9.59 Å². The van der Waals surface area contributed by atoms with E-state index in [-0.39, 0.29) is 37.0 Å². The summed E-state index contributed by atoms with van der Waals surface area (Å²) in [5, 5.41) is 0. The van der Waals surface area contributed by atoms with Crippen LogP contribution >= 0.6 is 0 Å². The van der Waals surface area contributed by atoms with E-state index in [1.165, 1.54) is 12.2 Å². The lowest BCUT2D eigenvalue weighted by atomic mass is 10.2. The third-order valence-corrected chi connectivity index (χ3v) is 2.02. The molecule has 0 rings (SSSR count). The first-order valence-corrected chi connectivity index (χ1v) is 5.11. The molecule has 0 amide bonds. The average Bonchev–Trinajstić information content (AvgIpc) is 2.31. The van der Waals surface area contributed by atoms with Crippen LogP contribution in [0.15, 0.2) is 25.3 Å². The summed E-state index contributed by atoms with van der Waals surface area (Å²) in [6, 6.07) is 0. The molecule has 0 heterocycles. The number of rotatable bonds is 7. The van der Waals surface area contributed by atoms with Crippen LogP contribution < -0.4 is 0 Å². The van der Waals surface area contributed by atoms with Gasteiger partial charge in [0.1, 0.15) is 13.2 Å². The maximum atomic E-state index is 11.2. The van der Waals surface area contributed by atoms with Crippen molar-refractivity contribution >= 4 is 11.9 Å². The Morgan fingerprint density at radius 2 is 1.31 bits per heavy atom. The van der Waals surface area contributed by atoms with E-state index in [0.717, 1.165) is 0 Å². The molecule has 0 aliphatic carbocycles. The van der Waals surface area contributed by atoms with Gasteiger partial charge < -0.3 is 9.47 Å². The summed E-state index contributed by atoms with van der Waals surface area (Å²) in [6.07, 6.45) is 2.99. The summed E-state index contributed by atoms with van der Waals surface area (Å²) in [5.41, 5.74) is 0. The molecule has 0 aliphatic heterocycles. The molecule has 0 N–H and O–H groups in total. The van der Waals surface area contributed by atoms with Gasteiger partial charge in [-0.05, 0) is 13.8 Å². The van der Waals surface area contributed by atoms with Gasteiger partial charge in [0.15, 0.2) is 0 Å². The second-order valence-corrected chi connectivity index (χ2v) is 3.38. The Bertz CT molecular complexity index is 242. The lowest BCUT2D eigenvalue weighted by Gasteiger charge is -2.09. The molecule has 0 aromatic carbocycles. The third-order valence-electron chi connectivity index (χ3n) is 2.02. The second-order valence-electron chi connectivity index (χ2n) is 3.38. The Labute approximate surface area is 95.9 Å². The van der Waals surface area contributed by atoms with Gasteiger partial charge in [-0.2, -0.15) is 0 Å². The van der Waals surface area contributed by atoms with Crippen molar-refractivity contribution < 1.29 is 19.1 Å². The number of esters is 2. The first-order valence-electron chi connectivity index (χ1n) is 5.11. The molecule has 4 heteroatoms. The van der Waals surface area contributed by atoms with Gasteiger partial charge in [-0.15, -0.1) is 13.2 Å². The quantitative estimate of drug-likeness (QED) is 0.377. The van der Waals surface area contributed by atoms with Crippen molar-refractivity contribution in [2.24, 2.45) is 11.8 Å². The van der Waals surface area contributed by atoms with Gasteiger partial charge >= 0.3 is 11.9 Å². The summed E-state index contributed by atoms with van der Waals surface area (Å²) >= 11 is 0. The molecule has 2 atom stereocenters. The van der Waals surface area contributed by atoms with E-state index < -0.39 is 0 Å². The zero-order chi connectivity index (χ0) is 12.6. The molecule has 0 aromatic rings. The largest absolute Gasteiger partial charge is 0.462 e. The Morgan fingerprint density at radius 1 is 1.00 bits per heavy atom. The zero-order valence-electron chi connectivity index (χ0n) is 9.77. The van der Waals surface area contributed by atoms with Gasteiger partial charge in [0.2, 0.25) is 0 Å². The maximum Gasteiger partial charge on any atom is 0.312 e. The van der Waals surface area contributed by atoms with Crippen LogP contribution in [-0.4, -0.2) is 25.2 Å². The number of hydrogen-bond donors (Lipinski definition) is 0. The second kappa shape index (κ2) is 7.68. The molecular weight excluding hydrogens is 208 g/mol. The minimum absolute atomic E-state index is 0.0621. The molecule has 0 spiro atoms. The van der Waals surface area contributed by atoms with Crippen LogP contribution in [-0.2, 0) is 19.1 Å². The van der Waals surface area contributed by atoms with Crippen LogP contribution in [0.25, 0.3) is 0 Å². The molecule has 0 fully saturated rings. The van der Waals surface area contributed by atoms with Gasteiger partial charge in [0.25, 0.3) is 0 Å². The molecule has 0 bridgehead atoms. The smallest absolute Gasteiger partial charge is 0.312 e. The number of ether oxygens (including phenoxy) is 2. The van der Waals surface area contributed by atoms with Crippen LogP contribution in [0.5, 0.6) is 0 Å². The van der Waals surface area contributed by atoms with Crippen molar-refractivity contribution in [1.82, 2.24) is 0 Å². The molecule has 16 heavy (non-hydrogen) atoms. The Balaban J connectivity index is 3.68. The van der Waals surface area contributed by atoms with Crippen LogP contribution in [0.2, 0.25) is 0 Å². The van der Waals surface area contributed by atoms with Crippen LogP contribution in [0.4, 0.5) is 0 Å². The fraction of sp³-hybridized carbons (Fsp3) is 0.500. The van der Waals surface area contributed by atoms with Gasteiger partial charge in [-0.25, -0.2) is 0 Å². The molecule has 0 saturated carbocycles. The molecule has 2 unspecified atom stereocenters. The van der Waals surface area contributed by atoms with Crippen molar-refractivity contribution in [1.29, 1.82) is 0 Å². The van der Waals surface area contributed by atoms with E-state index in [9.17, 15) is 9.59 Å². The van der Waals surface area contributed by atoms with Crippen molar-refractivity contribution in [2.45, 2.75) is 13.8 Å². The summed E-state index contributed by atoms with van der Waals surface area (Å²) in [7, 11) is 0. The normalized spacial score (nSPS) is 13.4. The van der Waals surface area contributed by atoms with Crippen molar-refractivity contribution in [3.8, 4) is 0 Å². The average molecular weight is 226 g/mol. The van der Waals surface area contributed by atoms with Crippen LogP contribution in [0, 0.1) is 11.8 Å². The van der Waals surface area contributed by atoms with Crippen molar-refractivity contribution in [3.05, 3.63) is 25.3 Å². The molecular formula is C12H18O4. The van der Waals surface area contributed by atoms with E-state index in [4.69, 9.17) is 9.47 Å². The third kappa shape index (κ3) is 5.34. The highest BCUT2D eigenvalue weighted by molar-refractivity contribution is 5.74. The molecule has 4 nitrogen and oxygen atoms in total. The van der Waals surface area contributed by atoms with Crippen molar-refractivity contribution in [3.63, 3.8) is 0 Å². The lowest BCUT2D eigenvalue weighted by molar-refractivity contribution is -0.155. The molecule has 0 aromatic heterocycles. The fourth-order valence-corrected chi connectivity index (χ4v) is 0.740. The van der Waals surface area contributed by atoms with Crippen molar-refractivity contribution in [2.75, 3.05) is 13.2 Å². The highest BCUT2D eigenvalue weighted by atomic mass is 16.6. The molecule has 0 aliphatic rings. The molecule has 0 radical (unpaired) electrons. The summed E-state index contributed by atoms with van der Waals surface area (Å²) in [4.78, 5) is 22.3. The van der Waals surface area contributed by atoms with Gasteiger partial charge in [0.05, 0.1) is 11.8 Å². The first-order chi connectivity index (χ1) is 7.52. The van der Waals surface area contributed by atoms with Crippen LogP contribution in [0.3, 0.4) is 0 Å². The van der Waals surface area contributed by atoms with E-state index in [1.807, 2.05) is 0 Å².